The first kappa shape index (κ1) is 49.6. The number of unbranched alkanes of at least 4 members (excludes halogenated alkanes) is 15. The second-order valence-corrected chi connectivity index (χ2v) is 15.1. The van der Waals surface area contributed by atoms with Crippen LogP contribution in [0.25, 0.3) is 0 Å². The van der Waals surface area contributed by atoms with Gasteiger partial charge in [-0.2, -0.15) is 0 Å². The van der Waals surface area contributed by atoms with Gasteiger partial charge >= 0.3 is 0 Å². The summed E-state index contributed by atoms with van der Waals surface area (Å²) in [7, 11) is 0. The minimum absolute atomic E-state index is 0.256. The van der Waals surface area contributed by atoms with Crippen molar-refractivity contribution < 1.29 is 64.6 Å². The number of hydrogen-bond donors (Lipinski definition) is 9. The van der Waals surface area contributed by atoms with Gasteiger partial charge in [0.05, 0.1) is 32.0 Å². The van der Waals surface area contributed by atoms with Gasteiger partial charge in [-0.15, -0.1) is 0 Å². The summed E-state index contributed by atoms with van der Waals surface area (Å²) in [5.41, 5.74) is 0. The van der Waals surface area contributed by atoms with Crippen LogP contribution >= 0.6 is 0 Å². The highest BCUT2D eigenvalue weighted by Gasteiger charge is 2.50. The molecule has 0 spiro atoms. The summed E-state index contributed by atoms with van der Waals surface area (Å²) < 4.78 is 22.5. The Bertz CT molecular complexity index is 1030. The predicted octanol–water partition coefficient (Wildman–Crippen LogP) is 3.04. The summed E-state index contributed by atoms with van der Waals surface area (Å²) in [5.74, 6) is -0.256. The number of ether oxygens (including phenoxy) is 4. The minimum Gasteiger partial charge on any atom is -0.394 e. The second-order valence-electron chi connectivity index (χ2n) is 15.1. The highest BCUT2D eigenvalue weighted by molar-refractivity contribution is 5.76. The molecule has 2 aliphatic rings. The first-order valence-electron chi connectivity index (χ1n) is 21.1. The maximum atomic E-state index is 13.0. The van der Waals surface area contributed by atoms with E-state index >= 15 is 0 Å². The number of nitrogens with one attached hydrogen (secondary N) is 1. The van der Waals surface area contributed by atoms with E-state index in [0.29, 0.717) is 6.42 Å². The van der Waals surface area contributed by atoms with Crippen LogP contribution in [-0.4, -0.2) is 140 Å². The zero-order valence-electron chi connectivity index (χ0n) is 33.4. The molecule has 0 aromatic heterocycles. The van der Waals surface area contributed by atoms with Gasteiger partial charge in [0.2, 0.25) is 5.91 Å². The lowest BCUT2D eigenvalue weighted by atomic mass is 9.97. The summed E-state index contributed by atoms with van der Waals surface area (Å²) in [6, 6.07) is -0.912. The first-order chi connectivity index (χ1) is 26.6. The van der Waals surface area contributed by atoms with Crippen LogP contribution in [0, 0.1) is 0 Å². The Morgan fingerprint density at radius 1 is 0.636 bits per heavy atom. The first-order valence-corrected chi connectivity index (χ1v) is 21.1. The van der Waals surface area contributed by atoms with E-state index in [1.807, 2.05) is 6.08 Å². The van der Waals surface area contributed by atoms with E-state index in [4.69, 9.17) is 18.9 Å². The fourth-order valence-electron chi connectivity index (χ4n) is 6.82. The zero-order chi connectivity index (χ0) is 40.4. The molecular weight excluding hydrogens is 714 g/mol. The van der Waals surface area contributed by atoms with Crippen molar-refractivity contribution in [2.24, 2.45) is 0 Å². The van der Waals surface area contributed by atoms with Crippen molar-refractivity contribution in [1.29, 1.82) is 0 Å². The number of carbonyl (C=O) groups excluding carboxylic acids is 1. The van der Waals surface area contributed by atoms with E-state index in [-0.39, 0.29) is 18.9 Å². The van der Waals surface area contributed by atoms with Crippen molar-refractivity contribution in [3.05, 3.63) is 24.3 Å². The van der Waals surface area contributed by atoms with Crippen molar-refractivity contribution in [2.45, 2.75) is 209 Å². The second kappa shape index (κ2) is 29.6. The monoisotopic (exact) mass is 790 g/mol. The molecule has 2 rings (SSSR count). The summed E-state index contributed by atoms with van der Waals surface area (Å²) in [4.78, 5) is 13.0. The number of hydrogen-bond acceptors (Lipinski definition) is 13. The molecular formula is C41H75NO13. The van der Waals surface area contributed by atoms with E-state index < -0.39 is 86.8 Å². The van der Waals surface area contributed by atoms with E-state index in [0.717, 1.165) is 64.2 Å². The molecule has 322 valence electrons. The number of aliphatic hydroxyl groups is 8. The number of aliphatic hydroxyl groups excluding tert-OH is 8. The Labute approximate surface area is 328 Å². The molecule has 0 aromatic carbocycles. The van der Waals surface area contributed by atoms with Crippen molar-refractivity contribution in [3.8, 4) is 0 Å². The topological polar surface area (TPSA) is 228 Å². The van der Waals surface area contributed by atoms with E-state index in [1.165, 1.54) is 44.9 Å². The molecule has 1 amide bonds. The quantitative estimate of drug-likeness (QED) is 0.0377. The molecule has 14 heteroatoms. The fourth-order valence-corrected chi connectivity index (χ4v) is 6.82. The maximum absolute atomic E-state index is 13.0. The smallest absolute Gasteiger partial charge is 0.220 e. The third-order valence-corrected chi connectivity index (χ3v) is 10.4. The van der Waals surface area contributed by atoms with Crippen LogP contribution < -0.4 is 5.32 Å². The van der Waals surface area contributed by atoms with Gasteiger partial charge in [0.1, 0.15) is 48.8 Å². The van der Waals surface area contributed by atoms with E-state index in [2.05, 4.69) is 31.3 Å². The van der Waals surface area contributed by atoms with Crippen LogP contribution in [0.3, 0.4) is 0 Å². The molecule has 0 saturated carbocycles. The molecule has 12 unspecified atom stereocenters. The predicted molar refractivity (Wildman–Crippen MR) is 208 cm³/mol. The lowest BCUT2D eigenvalue weighted by Gasteiger charge is -2.46. The number of amides is 1. The molecule has 14 nitrogen and oxygen atoms in total. The van der Waals surface area contributed by atoms with Gasteiger partial charge in [-0.05, 0) is 38.5 Å². The van der Waals surface area contributed by atoms with Crippen molar-refractivity contribution in [3.63, 3.8) is 0 Å². The van der Waals surface area contributed by atoms with Gasteiger partial charge < -0.3 is 65.1 Å². The summed E-state index contributed by atoms with van der Waals surface area (Å²) in [6.45, 7) is 2.65. The number of rotatable bonds is 30. The van der Waals surface area contributed by atoms with Crippen LogP contribution in [0.15, 0.2) is 24.3 Å². The summed E-state index contributed by atoms with van der Waals surface area (Å²) >= 11 is 0. The van der Waals surface area contributed by atoms with Crippen LogP contribution in [0.4, 0.5) is 0 Å². The van der Waals surface area contributed by atoms with Gasteiger partial charge in [0, 0.05) is 6.42 Å². The summed E-state index contributed by atoms with van der Waals surface area (Å²) in [5, 5.41) is 86.1. The average Bonchev–Trinajstić information content (AvgIpc) is 3.18. The SMILES string of the molecule is CCC/C=C\CCCCCCCC(=O)NC(COC1OC(CO)C(OC2OC(CO)C(O)C(O)C2O)C(O)C1O)C(O)/C=C/CCCCCCCCCCC. The molecule has 12 atom stereocenters. The third-order valence-electron chi connectivity index (χ3n) is 10.4. The molecule has 2 saturated heterocycles. The van der Waals surface area contributed by atoms with Crippen LogP contribution in [0.2, 0.25) is 0 Å². The standard InChI is InChI=1S/C41H75NO13/c1-3-5-7-9-11-13-15-16-18-20-22-24-30(45)29(42-33(46)25-23-21-19-17-14-12-10-8-6-4-2)28-52-40-38(51)36(49)39(32(27-44)54-40)55-41-37(50)35(48)34(47)31(26-43)53-41/h8,10,22,24,29-32,34-41,43-45,47-51H,3-7,9,11-21,23,25-28H2,1-2H3,(H,42,46)/b10-8-,24-22+. The molecule has 0 radical (unpaired) electrons. The Kier molecular flexibility index (Phi) is 26.7. The fraction of sp³-hybridized carbons (Fsp3) is 0.878. The molecule has 0 aliphatic carbocycles. The molecule has 55 heavy (non-hydrogen) atoms. The van der Waals surface area contributed by atoms with Gasteiger partial charge in [-0.1, -0.05) is 115 Å². The highest BCUT2D eigenvalue weighted by atomic mass is 16.7. The van der Waals surface area contributed by atoms with Crippen molar-refractivity contribution >= 4 is 5.91 Å². The Morgan fingerprint density at radius 2 is 1.18 bits per heavy atom. The van der Waals surface area contributed by atoms with Crippen LogP contribution in [0.1, 0.15) is 136 Å². The maximum Gasteiger partial charge on any atom is 0.220 e. The van der Waals surface area contributed by atoms with Crippen LogP contribution in [0.5, 0.6) is 0 Å². The minimum atomic E-state index is -1.78. The molecule has 9 N–H and O–H groups in total. The molecule has 2 fully saturated rings. The molecule has 0 bridgehead atoms. The molecule has 2 heterocycles. The molecule has 2 aliphatic heterocycles. The van der Waals surface area contributed by atoms with E-state index in [1.54, 1.807) is 6.08 Å². The van der Waals surface area contributed by atoms with Crippen molar-refractivity contribution in [2.75, 3.05) is 19.8 Å². The average molecular weight is 790 g/mol. The van der Waals surface area contributed by atoms with Gasteiger partial charge in [-0.3, -0.25) is 4.79 Å². The number of allylic oxidation sites excluding steroid dienone is 3. The van der Waals surface area contributed by atoms with Gasteiger partial charge in [0.25, 0.3) is 0 Å². The van der Waals surface area contributed by atoms with Gasteiger partial charge in [-0.25, -0.2) is 0 Å². The largest absolute Gasteiger partial charge is 0.394 e. The Morgan fingerprint density at radius 3 is 1.80 bits per heavy atom. The lowest BCUT2D eigenvalue weighted by molar-refractivity contribution is -0.359. The van der Waals surface area contributed by atoms with Gasteiger partial charge in [0.15, 0.2) is 12.6 Å². The number of carbonyl (C=O) groups is 1. The normalized spacial score (nSPS) is 29.9. The zero-order valence-corrected chi connectivity index (χ0v) is 33.4. The lowest BCUT2D eigenvalue weighted by Crippen LogP contribution is -2.65. The van der Waals surface area contributed by atoms with Crippen molar-refractivity contribution in [1.82, 2.24) is 5.32 Å². The van der Waals surface area contributed by atoms with Crippen LogP contribution in [-0.2, 0) is 23.7 Å². The Hall–Kier alpha value is -1.53. The Balaban J connectivity index is 1.95. The summed E-state index contributed by atoms with van der Waals surface area (Å²) in [6.07, 6.45) is 11.0. The van der Waals surface area contributed by atoms with E-state index in [9.17, 15) is 45.6 Å². The third kappa shape index (κ3) is 18.7. The molecule has 0 aromatic rings. The highest BCUT2D eigenvalue weighted by Crippen LogP contribution is 2.30.